The van der Waals surface area contributed by atoms with E-state index in [-0.39, 0.29) is 6.42 Å². The maximum atomic E-state index is 11.8. The van der Waals surface area contributed by atoms with Crippen LogP contribution < -0.4 is 21.7 Å². The number of aromatic nitrogens is 2. The van der Waals surface area contributed by atoms with Gasteiger partial charge in [-0.25, -0.2) is 9.78 Å². The third-order valence-electron chi connectivity index (χ3n) is 3.21. The van der Waals surface area contributed by atoms with Gasteiger partial charge in [-0.15, -0.1) is 0 Å². The molecule has 0 aliphatic carbocycles. The lowest BCUT2D eigenvalue weighted by Crippen LogP contribution is -2.49. The molecule has 8 N–H and O–H groups in total. The summed E-state index contributed by atoms with van der Waals surface area (Å²) in [4.78, 5) is 62.9. The maximum absolute atomic E-state index is 11.8. The minimum Gasteiger partial charge on any atom is -0.481 e. The van der Waals surface area contributed by atoms with Crippen molar-refractivity contribution < 1.29 is 34.2 Å². The van der Waals surface area contributed by atoms with Crippen molar-refractivity contribution in [3.8, 4) is 0 Å². The zero-order chi connectivity index (χ0) is 20.4. The van der Waals surface area contributed by atoms with Crippen molar-refractivity contribution >= 4 is 29.7 Å². The van der Waals surface area contributed by atoms with E-state index >= 15 is 0 Å². The highest BCUT2D eigenvalue weighted by molar-refractivity contribution is 5.91. The Kier molecular flexibility index (Phi) is 8.38. The van der Waals surface area contributed by atoms with E-state index in [1.165, 1.54) is 12.5 Å². The molecule has 0 spiro atoms. The topological polar surface area (TPSA) is 217 Å². The highest BCUT2D eigenvalue weighted by Crippen LogP contribution is 1.98. The van der Waals surface area contributed by atoms with E-state index < -0.39 is 61.3 Å². The fourth-order valence-electron chi connectivity index (χ4n) is 1.88. The summed E-state index contributed by atoms with van der Waals surface area (Å²) in [7, 11) is 0. The number of carbonyl (C=O) groups is 5. The summed E-state index contributed by atoms with van der Waals surface area (Å²) in [6.45, 7) is -1.03. The molecule has 1 aromatic rings. The first-order valence-corrected chi connectivity index (χ1v) is 7.70. The second kappa shape index (κ2) is 10.5. The molecule has 0 aliphatic rings. The molecule has 2 atom stereocenters. The Labute approximate surface area is 152 Å². The molecule has 0 aliphatic heterocycles. The number of rotatable bonds is 11. The Bertz CT molecular complexity index is 690. The average Bonchev–Trinajstić information content (AvgIpc) is 3.09. The van der Waals surface area contributed by atoms with Crippen molar-refractivity contribution in [3.05, 3.63) is 18.2 Å². The molecule has 0 fully saturated rings. The molecule has 13 nitrogen and oxygen atoms in total. The van der Waals surface area contributed by atoms with Crippen molar-refractivity contribution in [2.45, 2.75) is 24.9 Å². The molecule has 2 unspecified atom stereocenters. The van der Waals surface area contributed by atoms with Gasteiger partial charge in [-0.2, -0.15) is 0 Å². The Hall–Kier alpha value is -3.48. The lowest BCUT2D eigenvalue weighted by Gasteiger charge is -2.14. The zero-order valence-electron chi connectivity index (χ0n) is 14.1. The highest BCUT2D eigenvalue weighted by Gasteiger charge is 2.21. The first kappa shape index (κ1) is 21.6. The molecule has 0 aromatic carbocycles. The number of imidazole rings is 1. The molecule has 1 heterocycles. The first-order valence-electron chi connectivity index (χ1n) is 7.70. The summed E-state index contributed by atoms with van der Waals surface area (Å²) in [5.74, 6) is -4.83. The molecular weight excluding hydrogens is 364 g/mol. The smallest absolute Gasteiger partial charge is 0.326 e. The molecular formula is C14H20N6O7. The number of amides is 3. The van der Waals surface area contributed by atoms with Gasteiger partial charge in [0.05, 0.1) is 31.9 Å². The zero-order valence-corrected chi connectivity index (χ0v) is 14.1. The van der Waals surface area contributed by atoms with Gasteiger partial charge in [0.25, 0.3) is 0 Å². The van der Waals surface area contributed by atoms with Gasteiger partial charge in [-0.05, 0) is 0 Å². The number of carboxylic acid groups (broad SMARTS) is 2. The average molecular weight is 384 g/mol. The van der Waals surface area contributed by atoms with Crippen LogP contribution in [0, 0.1) is 0 Å². The predicted molar refractivity (Wildman–Crippen MR) is 88.1 cm³/mol. The van der Waals surface area contributed by atoms with Crippen molar-refractivity contribution in [2.75, 3.05) is 13.1 Å². The SMILES string of the molecule is NC(CC(=O)O)C(=O)NCC(=O)NCC(=O)NC(Cc1cnc[nH]1)C(=O)O. The number of carbonyl (C=O) groups excluding carboxylic acids is 3. The minimum atomic E-state index is -1.31. The fraction of sp³-hybridized carbons (Fsp3) is 0.429. The highest BCUT2D eigenvalue weighted by atomic mass is 16.4. The lowest BCUT2D eigenvalue weighted by molar-refractivity contribution is -0.141. The summed E-state index contributed by atoms with van der Waals surface area (Å²) >= 11 is 0. The van der Waals surface area contributed by atoms with Gasteiger partial charge in [-0.3, -0.25) is 19.2 Å². The molecule has 0 radical (unpaired) electrons. The van der Waals surface area contributed by atoms with E-state index in [1.807, 2.05) is 0 Å². The van der Waals surface area contributed by atoms with Crippen LogP contribution in [0.3, 0.4) is 0 Å². The number of H-pyrrole nitrogens is 1. The number of nitrogens with zero attached hydrogens (tertiary/aromatic N) is 1. The van der Waals surface area contributed by atoms with Crippen LogP contribution >= 0.6 is 0 Å². The van der Waals surface area contributed by atoms with Gasteiger partial charge in [0, 0.05) is 18.3 Å². The Morgan fingerprint density at radius 2 is 1.78 bits per heavy atom. The maximum Gasteiger partial charge on any atom is 0.326 e. The van der Waals surface area contributed by atoms with Gasteiger partial charge >= 0.3 is 11.9 Å². The number of aliphatic carboxylic acids is 2. The van der Waals surface area contributed by atoms with Crippen molar-refractivity contribution in [2.24, 2.45) is 5.73 Å². The molecule has 0 saturated carbocycles. The van der Waals surface area contributed by atoms with Crippen molar-refractivity contribution in [1.29, 1.82) is 0 Å². The fourth-order valence-corrected chi connectivity index (χ4v) is 1.88. The number of nitrogens with two attached hydrogens (primary N) is 1. The van der Waals surface area contributed by atoms with Gasteiger partial charge in [0.2, 0.25) is 17.7 Å². The number of nitrogens with one attached hydrogen (secondary N) is 4. The van der Waals surface area contributed by atoms with E-state index in [0.29, 0.717) is 5.69 Å². The normalized spacial score (nSPS) is 12.5. The Balaban J connectivity index is 2.35. The van der Waals surface area contributed by atoms with Crippen LogP contribution in [-0.2, 0) is 30.4 Å². The van der Waals surface area contributed by atoms with Gasteiger partial charge < -0.3 is 36.9 Å². The third-order valence-corrected chi connectivity index (χ3v) is 3.21. The number of hydrogen-bond donors (Lipinski definition) is 7. The summed E-state index contributed by atoms with van der Waals surface area (Å²) in [5, 5.41) is 24.2. The molecule has 1 rings (SSSR count). The summed E-state index contributed by atoms with van der Waals surface area (Å²) in [6, 6.07) is -2.53. The Morgan fingerprint density at radius 3 is 2.33 bits per heavy atom. The second-order valence-electron chi connectivity index (χ2n) is 5.44. The van der Waals surface area contributed by atoms with Crippen LogP contribution in [0.25, 0.3) is 0 Å². The van der Waals surface area contributed by atoms with Crippen LogP contribution in [-0.4, -0.2) is 75.0 Å². The van der Waals surface area contributed by atoms with Crippen LogP contribution in [0.2, 0.25) is 0 Å². The molecule has 1 aromatic heterocycles. The van der Waals surface area contributed by atoms with Crippen LogP contribution in [0.4, 0.5) is 0 Å². The third kappa shape index (κ3) is 8.44. The van der Waals surface area contributed by atoms with E-state index in [9.17, 15) is 24.0 Å². The molecule has 13 heteroatoms. The minimum absolute atomic E-state index is 0.0213. The van der Waals surface area contributed by atoms with Crippen molar-refractivity contribution in [1.82, 2.24) is 25.9 Å². The molecule has 27 heavy (non-hydrogen) atoms. The molecule has 0 bridgehead atoms. The van der Waals surface area contributed by atoms with E-state index in [4.69, 9.17) is 15.9 Å². The monoisotopic (exact) mass is 384 g/mol. The summed E-state index contributed by atoms with van der Waals surface area (Å²) in [6.07, 6.45) is 2.17. The Morgan fingerprint density at radius 1 is 1.11 bits per heavy atom. The summed E-state index contributed by atoms with van der Waals surface area (Å²) < 4.78 is 0. The van der Waals surface area contributed by atoms with Gasteiger partial charge in [0.1, 0.15) is 6.04 Å². The predicted octanol–water partition coefficient (Wildman–Crippen LogP) is -3.44. The number of aromatic amines is 1. The van der Waals surface area contributed by atoms with Crippen LogP contribution in [0.1, 0.15) is 12.1 Å². The quantitative estimate of drug-likeness (QED) is 0.201. The van der Waals surface area contributed by atoms with Crippen LogP contribution in [0.15, 0.2) is 12.5 Å². The molecule has 3 amide bonds. The molecule has 148 valence electrons. The van der Waals surface area contributed by atoms with Gasteiger partial charge in [0.15, 0.2) is 0 Å². The summed E-state index contributed by atoms with van der Waals surface area (Å²) in [5.41, 5.74) is 5.82. The van der Waals surface area contributed by atoms with Crippen LogP contribution in [0.5, 0.6) is 0 Å². The number of hydrogen-bond acceptors (Lipinski definition) is 7. The van der Waals surface area contributed by atoms with E-state index in [1.54, 1.807) is 0 Å². The number of carboxylic acids is 2. The lowest BCUT2D eigenvalue weighted by atomic mass is 10.1. The van der Waals surface area contributed by atoms with Crippen molar-refractivity contribution in [3.63, 3.8) is 0 Å². The largest absolute Gasteiger partial charge is 0.481 e. The van der Waals surface area contributed by atoms with E-state index in [2.05, 4.69) is 25.9 Å². The first-order chi connectivity index (χ1) is 12.7. The van der Waals surface area contributed by atoms with E-state index in [0.717, 1.165) is 0 Å². The standard InChI is InChI=1S/C14H20N6O7/c15-8(2-12(23)24)13(25)18-4-10(21)17-5-11(22)20-9(14(26)27)1-7-3-16-6-19-7/h3,6,8-9H,1-2,4-5,15H2,(H,16,19)(H,17,21)(H,18,25)(H,20,22)(H,23,24)(H,26,27). The second-order valence-corrected chi connectivity index (χ2v) is 5.44. The molecule has 0 saturated heterocycles. The van der Waals surface area contributed by atoms with Gasteiger partial charge in [-0.1, -0.05) is 0 Å².